The summed E-state index contributed by atoms with van der Waals surface area (Å²) in [6, 6.07) is 13.8. The summed E-state index contributed by atoms with van der Waals surface area (Å²) in [7, 11) is 0. The number of benzene rings is 2. The maximum atomic E-state index is 13.5. The number of carboxylic acid groups (broad SMARTS) is 1. The van der Waals surface area contributed by atoms with Crippen LogP contribution in [0.1, 0.15) is 66.1 Å². The summed E-state index contributed by atoms with van der Waals surface area (Å²) in [5.74, 6) is 0.0711. The first kappa shape index (κ1) is 24.3. The summed E-state index contributed by atoms with van der Waals surface area (Å²) in [6.45, 7) is 4.98. The minimum absolute atomic E-state index is 0.0210. The highest BCUT2D eigenvalue weighted by Gasteiger charge is 2.29. The summed E-state index contributed by atoms with van der Waals surface area (Å²) in [4.78, 5) is 26.0. The summed E-state index contributed by atoms with van der Waals surface area (Å²) >= 11 is 0. The molecule has 2 aliphatic rings. The molecule has 1 saturated carbocycles. The monoisotopic (exact) mass is 490 g/mol. The van der Waals surface area contributed by atoms with Gasteiger partial charge in [-0.25, -0.2) is 9.18 Å². The zero-order valence-corrected chi connectivity index (χ0v) is 20.5. The molecule has 0 bridgehead atoms. The van der Waals surface area contributed by atoms with Gasteiger partial charge in [-0.3, -0.25) is 9.69 Å². The molecular formula is C29H31FN2O4. The fourth-order valence-corrected chi connectivity index (χ4v) is 5.19. The van der Waals surface area contributed by atoms with E-state index in [-0.39, 0.29) is 23.0 Å². The highest BCUT2D eigenvalue weighted by atomic mass is 19.1. The molecule has 7 heteroatoms. The third kappa shape index (κ3) is 5.21. The van der Waals surface area contributed by atoms with Gasteiger partial charge in [-0.1, -0.05) is 12.1 Å². The van der Waals surface area contributed by atoms with Crippen LogP contribution in [0.2, 0.25) is 0 Å². The molecule has 0 radical (unpaired) electrons. The van der Waals surface area contributed by atoms with Gasteiger partial charge < -0.3 is 14.4 Å². The Kier molecular flexibility index (Phi) is 6.92. The van der Waals surface area contributed by atoms with Gasteiger partial charge in [0.1, 0.15) is 11.6 Å². The standard InChI is InChI=1S/C29H31FN2O4/c1-2-36-27-17-26(20-5-7-23(30)8-6-20)25(19-3-4-19)15-22(27)18-31-12-10-24(11-13-31)32-14-9-21(29(34)35)16-28(32)33/h5-9,14-17,19,24H,2-4,10-13,18H2,1H3,(H,34,35). The van der Waals surface area contributed by atoms with E-state index in [9.17, 15) is 14.0 Å². The molecule has 0 atom stereocenters. The lowest BCUT2D eigenvalue weighted by molar-refractivity contribution is 0.0696. The molecule has 5 rings (SSSR count). The van der Waals surface area contributed by atoms with Crippen LogP contribution in [0.3, 0.4) is 0 Å². The average Bonchev–Trinajstić information content (AvgIpc) is 3.71. The van der Waals surface area contributed by atoms with Crippen molar-refractivity contribution in [2.75, 3.05) is 19.7 Å². The Bertz CT molecular complexity index is 1310. The lowest BCUT2D eigenvalue weighted by Crippen LogP contribution is -2.37. The molecule has 2 aromatic carbocycles. The van der Waals surface area contributed by atoms with Crippen molar-refractivity contribution in [1.29, 1.82) is 0 Å². The van der Waals surface area contributed by atoms with Gasteiger partial charge in [0.15, 0.2) is 0 Å². The van der Waals surface area contributed by atoms with Crippen molar-refractivity contribution in [3.8, 4) is 16.9 Å². The molecular weight excluding hydrogens is 459 g/mol. The van der Waals surface area contributed by atoms with E-state index in [1.54, 1.807) is 10.8 Å². The van der Waals surface area contributed by atoms with Crippen molar-refractivity contribution >= 4 is 5.97 Å². The molecule has 1 aromatic heterocycles. The number of aromatic nitrogens is 1. The molecule has 1 saturated heterocycles. The number of rotatable bonds is 8. The first-order valence-electron chi connectivity index (χ1n) is 12.7. The molecule has 1 aliphatic heterocycles. The molecule has 6 nitrogen and oxygen atoms in total. The molecule has 2 fully saturated rings. The molecule has 0 spiro atoms. The molecule has 2 heterocycles. The smallest absolute Gasteiger partial charge is 0.335 e. The predicted molar refractivity (Wildman–Crippen MR) is 136 cm³/mol. The van der Waals surface area contributed by atoms with Crippen LogP contribution in [0.4, 0.5) is 4.39 Å². The number of hydrogen-bond donors (Lipinski definition) is 1. The van der Waals surface area contributed by atoms with Gasteiger partial charge in [0.05, 0.1) is 12.2 Å². The zero-order chi connectivity index (χ0) is 25.2. The van der Waals surface area contributed by atoms with E-state index < -0.39 is 5.97 Å². The molecule has 188 valence electrons. The van der Waals surface area contributed by atoms with Crippen LogP contribution in [-0.4, -0.2) is 40.2 Å². The number of halogens is 1. The second-order valence-electron chi connectivity index (χ2n) is 9.73. The van der Waals surface area contributed by atoms with Gasteiger partial charge in [-0.05, 0) is 85.5 Å². The summed E-state index contributed by atoms with van der Waals surface area (Å²) < 4.78 is 21.3. The predicted octanol–water partition coefficient (Wildman–Crippen LogP) is 5.47. The lowest BCUT2D eigenvalue weighted by atomic mass is 9.93. The number of hydrogen-bond acceptors (Lipinski definition) is 4. The third-order valence-electron chi connectivity index (χ3n) is 7.24. The Morgan fingerprint density at radius 2 is 1.78 bits per heavy atom. The summed E-state index contributed by atoms with van der Waals surface area (Å²) in [5.41, 5.74) is 4.34. The van der Waals surface area contributed by atoms with Crippen molar-refractivity contribution < 1.29 is 19.0 Å². The number of piperidine rings is 1. The van der Waals surface area contributed by atoms with Crippen molar-refractivity contribution in [3.63, 3.8) is 0 Å². The van der Waals surface area contributed by atoms with E-state index in [0.29, 0.717) is 12.5 Å². The van der Waals surface area contributed by atoms with E-state index in [1.807, 2.05) is 19.1 Å². The molecule has 0 unspecified atom stereocenters. The maximum Gasteiger partial charge on any atom is 0.335 e. The van der Waals surface area contributed by atoms with E-state index in [1.165, 1.54) is 42.7 Å². The quantitative estimate of drug-likeness (QED) is 0.454. The van der Waals surface area contributed by atoms with Gasteiger partial charge in [0.25, 0.3) is 5.56 Å². The first-order valence-corrected chi connectivity index (χ1v) is 12.7. The first-order chi connectivity index (χ1) is 17.4. The van der Waals surface area contributed by atoms with Crippen LogP contribution in [0.5, 0.6) is 5.75 Å². The second-order valence-corrected chi connectivity index (χ2v) is 9.73. The van der Waals surface area contributed by atoms with E-state index >= 15 is 0 Å². The highest BCUT2D eigenvalue weighted by Crippen LogP contribution is 2.46. The van der Waals surface area contributed by atoms with Crippen LogP contribution in [0.15, 0.2) is 59.5 Å². The topological polar surface area (TPSA) is 71.8 Å². The van der Waals surface area contributed by atoms with Crippen LogP contribution >= 0.6 is 0 Å². The van der Waals surface area contributed by atoms with Crippen molar-refractivity contribution in [1.82, 2.24) is 9.47 Å². The fourth-order valence-electron chi connectivity index (χ4n) is 5.19. The van der Waals surface area contributed by atoms with Gasteiger partial charge in [0.2, 0.25) is 0 Å². The van der Waals surface area contributed by atoms with Crippen LogP contribution in [0.25, 0.3) is 11.1 Å². The Morgan fingerprint density at radius 1 is 1.06 bits per heavy atom. The number of aromatic carboxylic acids is 1. The minimum atomic E-state index is -1.09. The van der Waals surface area contributed by atoms with Crippen molar-refractivity contribution in [3.05, 3.63) is 87.6 Å². The molecule has 1 aliphatic carbocycles. The normalized spacial score (nSPS) is 16.7. The largest absolute Gasteiger partial charge is 0.494 e. The van der Waals surface area contributed by atoms with Gasteiger partial charge in [-0.15, -0.1) is 0 Å². The summed E-state index contributed by atoms with van der Waals surface area (Å²) in [5, 5.41) is 9.12. The maximum absolute atomic E-state index is 13.5. The Balaban J connectivity index is 1.34. The highest BCUT2D eigenvalue weighted by molar-refractivity contribution is 5.87. The van der Waals surface area contributed by atoms with Gasteiger partial charge in [-0.2, -0.15) is 0 Å². The number of pyridine rings is 1. The van der Waals surface area contributed by atoms with E-state index in [4.69, 9.17) is 9.84 Å². The second kappa shape index (κ2) is 10.3. The Hall–Kier alpha value is -3.45. The van der Waals surface area contributed by atoms with E-state index in [0.717, 1.165) is 54.9 Å². The van der Waals surface area contributed by atoms with Crippen molar-refractivity contribution in [2.24, 2.45) is 0 Å². The number of ether oxygens (including phenoxy) is 1. The van der Waals surface area contributed by atoms with E-state index in [2.05, 4.69) is 17.0 Å². The van der Waals surface area contributed by atoms with Gasteiger partial charge in [0, 0.05) is 43.5 Å². The minimum Gasteiger partial charge on any atom is -0.494 e. The Morgan fingerprint density at radius 3 is 2.39 bits per heavy atom. The number of likely N-dealkylation sites (tertiary alicyclic amines) is 1. The number of carbonyl (C=O) groups is 1. The zero-order valence-electron chi connectivity index (χ0n) is 20.5. The molecule has 0 amide bonds. The number of carboxylic acids is 1. The Labute approximate surface area is 209 Å². The van der Waals surface area contributed by atoms with Crippen LogP contribution in [-0.2, 0) is 6.54 Å². The van der Waals surface area contributed by atoms with Crippen molar-refractivity contribution in [2.45, 2.75) is 51.1 Å². The summed E-state index contributed by atoms with van der Waals surface area (Å²) in [6.07, 6.45) is 5.58. The number of nitrogens with zero attached hydrogens (tertiary/aromatic N) is 2. The van der Waals surface area contributed by atoms with Crippen LogP contribution < -0.4 is 10.3 Å². The lowest BCUT2D eigenvalue weighted by Gasteiger charge is -2.33. The van der Waals surface area contributed by atoms with Crippen LogP contribution in [0, 0.1) is 5.82 Å². The average molecular weight is 491 g/mol. The van der Waals surface area contributed by atoms with Gasteiger partial charge >= 0.3 is 5.97 Å². The fraction of sp³-hybridized carbons (Fsp3) is 0.379. The SMILES string of the molecule is CCOc1cc(-c2ccc(F)cc2)c(C2CC2)cc1CN1CCC(n2ccc(C(=O)O)cc2=O)CC1. The third-order valence-corrected chi connectivity index (χ3v) is 7.24. The molecule has 36 heavy (non-hydrogen) atoms. The molecule has 3 aromatic rings. The molecule has 1 N–H and O–H groups in total.